The Morgan fingerprint density at radius 1 is 1.31 bits per heavy atom. The molecule has 96 valence electrons. The minimum Gasteiger partial charge on any atom is -0.379 e. The average molecular weight is 229 g/mol. The molecule has 0 heterocycles. The Morgan fingerprint density at radius 3 is 2.50 bits per heavy atom. The van der Waals surface area contributed by atoms with Gasteiger partial charge in [0, 0.05) is 26.2 Å². The molecule has 0 saturated carbocycles. The standard InChI is InChI=1S/C12H27N3O/c1-6-11(4)15-12(13-5)14-7-8-16-9-10(2)3/h10-11H,6-9H2,1-5H3,(H2,13,14,15). The van der Waals surface area contributed by atoms with Gasteiger partial charge in [0.25, 0.3) is 0 Å². The Balaban J connectivity index is 3.57. The zero-order valence-corrected chi connectivity index (χ0v) is 11.3. The van der Waals surface area contributed by atoms with Crippen LogP contribution in [0.4, 0.5) is 0 Å². The van der Waals surface area contributed by atoms with E-state index >= 15 is 0 Å². The highest BCUT2D eigenvalue weighted by Gasteiger charge is 2.01. The number of rotatable bonds is 7. The van der Waals surface area contributed by atoms with Crippen molar-refractivity contribution in [3.05, 3.63) is 0 Å². The minimum absolute atomic E-state index is 0.447. The van der Waals surface area contributed by atoms with Crippen LogP contribution in [0.15, 0.2) is 4.99 Å². The van der Waals surface area contributed by atoms with Gasteiger partial charge < -0.3 is 15.4 Å². The number of ether oxygens (including phenoxy) is 1. The summed E-state index contributed by atoms with van der Waals surface area (Å²) in [6.07, 6.45) is 1.09. The van der Waals surface area contributed by atoms with E-state index in [1.54, 1.807) is 7.05 Å². The monoisotopic (exact) mass is 229 g/mol. The molecule has 0 aliphatic rings. The smallest absolute Gasteiger partial charge is 0.191 e. The lowest BCUT2D eigenvalue weighted by molar-refractivity contribution is 0.114. The summed E-state index contributed by atoms with van der Waals surface area (Å²) in [6, 6.07) is 0.447. The lowest BCUT2D eigenvalue weighted by Crippen LogP contribution is -2.43. The Hall–Kier alpha value is -0.770. The van der Waals surface area contributed by atoms with Crippen molar-refractivity contribution in [1.82, 2.24) is 10.6 Å². The third-order valence-electron chi connectivity index (χ3n) is 2.21. The fraction of sp³-hybridized carbons (Fsp3) is 0.917. The van der Waals surface area contributed by atoms with E-state index in [4.69, 9.17) is 4.74 Å². The third-order valence-corrected chi connectivity index (χ3v) is 2.21. The van der Waals surface area contributed by atoms with Crippen LogP contribution in [0.2, 0.25) is 0 Å². The molecule has 1 unspecified atom stereocenters. The van der Waals surface area contributed by atoms with E-state index in [1.807, 2.05) is 0 Å². The maximum Gasteiger partial charge on any atom is 0.191 e. The molecule has 0 bridgehead atoms. The van der Waals surface area contributed by atoms with E-state index in [1.165, 1.54) is 0 Å². The first kappa shape index (κ1) is 15.2. The summed E-state index contributed by atoms with van der Waals surface area (Å²) < 4.78 is 5.48. The van der Waals surface area contributed by atoms with Crippen molar-refractivity contribution < 1.29 is 4.74 Å². The predicted octanol–water partition coefficient (Wildman–Crippen LogP) is 1.62. The minimum atomic E-state index is 0.447. The van der Waals surface area contributed by atoms with Crippen molar-refractivity contribution in [3.8, 4) is 0 Å². The second-order valence-corrected chi connectivity index (χ2v) is 4.42. The van der Waals surface area contributed by atoms with Gasteiger partial charge in [-0.15, -0.1) is 0 Å². The van der Waals surface area contributed by atoms with E-state index in [2.05, 4.69) is 43.3 Å². The maximum atomic E-state index is 5.48. The van der Waals surface area contributed by atoms with E-state index in [9.17, 15) is 0 Å². The van der Waals surface area contributed by atoms with Crippen LogP contribution >= 0.6 is 0 Å². The molecule has 0 amide bonds. The molecule has 16 heavy (non-hydrogen) atoms. The molecule has 0 aromatic carbocycles. The van der Waals surface area contributed by atoms with Crippen molar-refractivity contribution in [2.75, 3.05) is 26.8 Å². The van der Waals surface area contributed by atoms with Crippen molar-refractivity contribution in [2.45, 2.75) is 40.2 Å². The van der Waals surface area contributed by atoms with Gasteiger partial charge in [0.05, 0.1) is 6.61 Å². The summed E-state index contributed by atoms with van der Waals surface area (Å²) in [4.78, 5) is 4.15. The largest absolute Gasteiger partial charge is 0.379 e. The topological polar surface area (TPSA) is 45.7 Å². The van der Waals surface area contributed by atoms with Crippen LogP contribution in [0.25, 0.3) is 0 Å². The molecular formula is C12H27N3O. The summed E-state index contributed by atoms with van der Waals surface area (Å²) in [7, 11) is 1.78. The molecule has 0 radical (unpaired) electrons. The fourth-order valence-corrected chi connectivity index (χ4v) is 1.09. The van der Waals surface area contributed by atoms with Gasteiger partial charge in [0.1, 0.15) is 0 Å². The van der Waals surface area contributed by atoms with Crippen LogP contribution in [0.3, 0.4) is 0 Å². The number of nitrogens with one attached hydrogen (secondary N) is 2. The highest BCUT2D eigenvalue weighted by Crippen LogP contribution is 1.91. The van der Waals surface area contributed by atoms with Gasteiger partial charge in [0.2, 0.25) is 0 Å². The highest BCUT2D eigenvalue weighted by atomic mass is 16.5. The summed E-state index contributed by atoms with van der Waals surface area (Å²) in [6.45, 7) is 10.9. The van der Waals surface area contributed by atoms with Crippen molar-refractivity contribution in [3.63, 3.8) is 0 Å². The second kappa shape index (κ2) is 9.46. The highest BCUT2D eigenvalue weighted by molar-refractivity contribution is 5.79. The number of nitrogens with zero attached hydrogens (tertiary/aromatic N) is 1. The van der Waals surface area contributed by atoms with Crippen LogP contribution in [0, 0.1) is 5.92 Å². The molecular weight excluding hydrogens is 202 g/mol. The summed E-state index contributed by atoms with van der Waals surface area (Å²) >= 11 is 0. The first-order chi connectivity index (χ1) is 7.60. The molecule has 0 spiro atoms. The molecule has 4 heteroatoms. The van der Waals surface area contributed by atoms with Crippen molar-refractivity contribution in [1.29, 1.82) is 0 Å². The summed E-state index contributed by atoms with van der Waals surface area (Å²) in [5.41, 5.74) is 0. The Labute approximate surface area is 99.9 Å². The first-order valence-electron chi connectivity index (χ1n) is 6.15. The zero-order chi connectivity index (χ0) is 12.4. The van der Waals surface area contributed by atoms with Gasteiger partial charge >= 0.3 is 0 Å². The summed E-state index contributed by atoms with van der Waals surface area (Å²) in [5.74, 6) is 1.44. The molecule has 0 aromatic heterocycles. The predicted molar refractivity (Wildman–Crippen MR) is 69.9 cm³/mol. The lowest BCUT2D eigenvalue weighted by atomic mass is 10.2. The van der Waals surface area contributed by atoms with Gasteiger partial charge in [0.15, 0.2) is 5.96 Å². The van der Waals surface area contributed by atoms with E-state index in [0.717, 1.165) is 32.1 Å². The number of guanidine groups is 1. The quantitative estimate of drug-likeness (QED) is 0.396. The zero-order valence-electron chi connectivity index (χ0n) is 11.3. The molecule has 2 N–H and O–H groups in total. The third kappa shape index (κ3) is 8.53. The van der Waals surface area contributed by atoms with Gasteiger partial charge in [-0.25, -0.2) is 0 Å². The van der Waals surface area contributed by atoms with Gasteiger partial charge in [-0.3, -0.25) is 4.99 Å². The normalized spacial score (nSPS) is 14.0. The molecule has 0 aromatic rings. The van der Waals surface area contributed by atoms with Gasteiger partial charge in [-0.2, -0.15) is 0 Å². The van der Waals surface area contributed by atoms with Crippen LogP contribution < -0.4 is 10.6 Å². The van der Waals surface area contributed by atoms with Gasteiger partial charge in [-0.1, -0.05) is 20.8 Å². The van der Waals surface area contributed by atoms with Gasteiger partial charge in [-0.05, 0) is 19.3 Å². The Bertz CT molecular complexity index is 193. The molecule has 0 aliphatic heterocycles. The lowest BCUT2D eigenvalue weighted by Gasteiger charge is -2.16. The van der Waals surface area contributed by atoms with Crippen molar-refractivity contribution >= 4 is 5.96 Å². The fourth-order valence-electron chi connectivity index (χ4n) is 1.09. The number of aliphatic imine (C=N–C) groups is 1. The Morgan fingerprint density at radius 2 is 2.00 bits per heavy atom. The van der Waals surface area contributed by atoms with Crippen LogP contribution in [0.1, 0.15) is 34.1 Å². The SMILES string of the molecule is CCC(C)NC(=NC)NCCOCC(C)C. The number of hydrogen-bond acceptors (Lipinski definition) is 2. The van der Waals surface area contributed by atoms with E-state index in [0.29, 0.717) is 12.0 Å². The average Bonchev–Trinajstić information content (AvgIpc) is 2.26. The maximum absolute atomic E-state index is 5.48. The molecule has 0 aliphatic carbocycles. The second-order valence-electron chi connectivity index (χ2n) is 4.42. The molecule has 0 rings (SSSR count). The Kier molecular flexibility index (Phi) is 9.00. The number of hydrogen-bond donors (Lipinski definition) is 2. The van der Waals surface area contributed by atoms with E-state index < -0.39 is 0 Å². The van der Waals surface area contributed by atoms with Crippen LogP contribution in [-0.4, -0.2) is 38.8 Å². The van der Waals surface area contributed by atoms with Crippen LogP contribution in [0.5, 0.6) is 0 Å². The van der Waals surface area contributed by atoms with Crippen LogP contribution in [-0.2, 0) is 4.74 Å². The molecule has 0 fully saturated rings. The van der Waals surface area contributed by atoms with E-state index in [-0.39, 0.29) is 0 Å². The molecule has 0 saturated heterocycles. The summed E-state index contributed by atoms with van der Waals surface area (Å²) in [5, 5.41) is 6.52. The molecule has 4 nitrogen and oxygen atoms in total. The van der Waals surface area contributed by atoms with Crippen molar-refractivity contribution in [2.24, 2.45) is 10.9 Å². The first-order valence-corrected chi connectivity index (χ1v) is 6.15. The molecule has 1 atom stereocenters.